The van der Waals surface area contributed by atoms with E-state index in [1.54, 1.807) is 57.9 Å². The lowest BCUT2D eigenvalue weighted by atomic mass is 10.0. The molecular weight excluding hydrogens is 638 g/mol. The molecule has 0 radical (unpaired) electrons. The molecule has 7 rings (SSSR count). The highest BCUT2D eigenvalue weighted by molar-refractivity contribution is 6.33. The predicted molar refractivity (Wildman–Crippen MR) is 179 cm³/mol. The van der Waals surface area contributed by atoms with Crippen molar-refractivity contribution in [3.63, 3.8) is 0 Å². The fourth-order valence-electron chi connectivity index (χ4n) is 6.31. The third-order valence-electron chi connectivity index (χ3n) is 8.63. The van der Waals surface area contributed by atoms with Crippen molar-refractivity contribution < 1.29 is 23.2 Å². The molecule has 0 unspecified atom stereocenters. The molecule has 0 saturated carbocycles. The molecule has 0 aliphatic carbocycles. The number of nitrogens with one attached hydrogen (secondary N) is 1. The number of fused-ring (bicyclic) bond motifs is 2. The van der Waals surface area contributed by atoms with Gasteiger partial charge >= 0.3 is 0 Å². The monoisotopic (exact) mass is 666 g/mol. The second kappa shape index (κ2) is 12.3. The average molecular weight is 667 g/mol. The summed E-state index contributed by atoms with van der Waals surface area (Å²) in [5.41, 5.74) is 4.72. The topological polar surface area (TPSA) is 102 Å². The third-order valence-corrected chi connectivity index (χ3v) is 8.96. The molecule has 1 saturated heterocycles. The van der Waals surface area contributed by atoms with E-state index in [2.05, 4.69) is 15.4 Å². The van der Waals surface area contributed by atoms with Crippen LogP contribution in [-0.2, 0) is 16.1 Å². The number of halogens is 3. The number of nitrogens with zero attached hydrogens (tertiary/aromatic N) is 5. The van der Waals surface area contributed by atoms with Crippen LogP contribution >= 0.6 is 11.6 Å². The van der Waals surface area contributed by atoms with Gasteiger partial charge in [-0.15, -0.1) is 0 Å². The Labute approximate surface area is 278 Å². The molecule has 1 N–H and O–H groups in total. The van der Waals surface area contributed by atoms with Gasteiger partial charge in [0.25, 0.3) is 0 Å². The van der Waals surface area contributed by atoms with Gasteiger partial charge in [-0.2, -0.15) is 5.10 Å². The van der Waals surface area contributed by atoms with Crippen molar-refractivity contribution in [1.82, 2.24) is 24.1 Å². The zero-order chi connectivity index (χ0) is 33.7. The highest BCUT2D eigenvalue weighted by Crippen LogP contribution is 2.34. The number of hydrogen-bond acceptors (Lipinski definition) is 5. The van der Waals surface area contributed by atoms with E-state index in [1.807, 2.05) is 37.4 Å². The fourth-order valence-corrected chi connectivity index (χ4v) is 6.55. The molecule has 0 spiro atoms. The molecule has 48 heavy (non-hydrogen) atoms. The van der Waals surface area contributed by atoms with E-state index in [4.69, 9.17) is 11.6 Å². The van der Waals surface area contributed by atoms with Gasteiger partial charge in [-0.3, -0.25) is 14.4 Å². The molecule has 6 aromatic rings. The van der Waals surface area contributed by atoms with E-state index in [-0.39, 0.29) is 36.5 Å². The molecule has 3 aromatic carbocycles. The molecule has 1 fully saturated rings. The Morgan fingerprint density at radius 3 is 2.58 bits per heavy atom. The van der Waals surface area contributed by atoms with E-state index in [1.165, 1.54) is 17.9 Å². The molecule has 1 aliphatic rings. The number of hydrogen-bond donors (Lipinski definition) is 1. The number of anilines is 1. The summed E-state index contributed by atoms with van der Waals surface area (Å²) in [6.07, 6.45) is 3.52. The number of benzene rings is 3. The second-order valence-corrected chi connectivity index (χ2v) is 12.3. The second-order valence-electron chi connectivity index (χ2n) is 11.9. The zero-order valence-corrected chi connectivity index (χ0v) is 26.7. The molecule has 12 heteroatoms. The lowest BCUT2D eigenvalue weighted by molar-refractivity contribution is -0.137. The smallest absolute Gasteiger partial charge is 0.247 e. The van der Waals surface area contributed by atoms with Crippen LogP contribution in [0.4, 0.5) is 14.5 Å². The Kier molecular flexibility index (Phi) is 8.00. The van der Waals surface area contributed by atoms with E-state index in [0.717, 1.165) is 16.8 Å². The Hall–Kier alpha value is -5.42. The van der Waals surface area contributed by atoms with Gasteiger partial charge in [-0.25, -0.2) is 18.3 Å². The van der Waals surface area contributed by atoms with Crippen molar-refractivity contribution in [3.8, 4) is 22.3 Å². The van der Waals surface area contributed by atoms with Crippen LogP contribution in [0.1, 0.15) is 29.4 Å². The lowest BCUT2D eigenvalue weighted by Crippen LogP contribution is -2.44. The van der Waals surface area contributed by atoms with Crippen LogP contribution in [0, 0.1) is 12.7 Å². The number of Topliss-reactive ketones (excluding diaryl/α,β-unsaturated/α-hetero) is 1. The average Bonchev–Trinajstić information content (AvgIpc) is 3.75. The van der Waals surface area contributed by atoms with E-state index in [9.17, 15) is 18.8 Å². The number of aryl methyl sites for hydroxylation is 1. The molecule has 0 bridgehead atoms. The summed E-state index contributed by atoms with van der Waals surface area (Å²) < 4.78 is 33.7. The maximum absolute atomic E-state index is 15.6. The van der Waals surface area contributed by atoms with Gasteiger partial charge in [0.15, 0.2) is 17.2 Å². The minimum atomic E-state index is -1.44. The summed E-state index contributed by atoms with van der Waals surface area (Å²) in [4.78, 5) is 45.4. The quantitative estimate of drug-likeness (QED) is 0.187. The molecule has 4 heterocycles. The van der Waals surface area contributed by atoms with Gasteiger partial charge in [-0.05, 0) is 43.7 Å². The number of ketones is 1. The molecule has 1 aliphatic heterocycles. The SMILES string of the molecule is CC(=O)c1cn(CC(=O)N2C[C@H](F)C[C@H]2C(=O)Nc2cccc(-c3ccccc3Cl)c2F)c2ccc(-c3cnc4cc(C)nn4c3)cc12. The summed E-state index contributed by atoms with van der Waals surface area (Å²) >= 11 is 6.27. The van der Waals surface area contributed by atoms with Crippen LogP contribution in [0.3, 0.4) is 0 Å². The fraction of sp³-hybridized carbons (Fsp3) is 0.194. The highest BCUT2D eigenvalue weighted by atomic mass is 35.5. The first-order chi connectivity index (χ1) is 23.1. The van der Waals surface area contributed by atoms with Crippen molar-refractivity contribution in [1.29, 1.82) is 0 Å². The maximum Gasteiger partial charge on any atom is 0.247 e. The van der Waals surface area contributed by atoms with Gasteiger partial charge in [0.2, 0.25) is 11.8 Å². The van der Waals surface area contributed by atoms with Crippen molar-refractivity contribution in [2.24, 2.45) is 0 Å². The summed E-state index contributed by atoms with van der Waals surface area (Å²) in [5, 5.41) is 7.96. The van der Waals surface area contributed by atoms with Crippen LogP contribution in [0.2, 0.25) is 5.02 Å². The number of likely N-dealkylation sites (tertiary alicyclic amines) is 1. The van der Waals surface area contributed by atoms with Crippen molar-refractivity contribution in [3.05, 3.63) is 107 Å². The van der Waals surface area contributed by atoms with Gasteiger partial charge < -0.3 is 14.8 Å². The predicted octanol–water partition coefficient (Wildman–Crippen LogP) is 6.90. The van der Waals surface area contributed by atoms with E-state index in [0.29, 0.717) is 32.7 Å². The van der Waals surface area contributed by atoms with Crippen molar-refractivity contribution in [2.75, 3.05) is 11.9 Å². The van der Waals surface area contributed by atoms with Gasteiger partial charge in [0, 0.05) is 69.3 Å². The normalized spacial score (nSPS) is 16.1. The van der Waals surface area contributed by atoms with Crippen molar-refractivity contribution in [2.45, 2.75) is 39.0 Å². The number of carbonyl (C=O) groups excluding carboxylic acids is 3. The summed E-state index contributed by atoms with van der Waals surface area (Å²) in [5.74, 6) is -2.11. The third kappa shape index (κ3) is 5.70. The van der Waals surface area contributed by atoms with Crippen LogP contribution in [0.15, 0.2) is 85.3 Å². The maximum atomic E-state index is 15.6. The Morgan fingerprint density at radius 2 is 1.79 bits per heavy atom. The molecule has 2 amide bonds. The first kappa shape index (κ1) is 31.2. The van der Waals surface area contributed by atoms with Crippen molar-refractivity contribution >= 4 is 51.4 Å². The number of aromatic nitrogens is 4. The van der Waals surface area contributed by atoms with Gasteiger partial charge in [-0.1, -0.05) is 48.0 Å². The zero-order valence-electron chi connectivity index (χ0n) is 26.0. The van der Waals surface area contributed by atoms with Crippen LogP contribution in [0.25, 0.3) is 38.8 Å². The Balaban J connectivity index is 1.14. The van der Waals surface area contributed by atoms with Crippen LogP contribution in [0.5, 0.6) is 0 Å². The highest BCUT2D eigenvalue weighted by Gasteiger charge is 2.40. The summed E-state index contributed by atoms with van der Waals surface area (Å²) in [7, 11) is 0. The van der Waals surface area contributed by atoms with Crippen LogP contribution < -0.4 is 5.32 Å². The van der Waals surface area contributed by atoms with E-state index >= 15 is 4.39 Å². The lowest BCUT2D eigenvalue weighted by Gasteiger charge is -2.24. The first-order valence-electron chi connectivity index (χ1n) is 15.3. The van der Waals surface area contributed by atoms with Gasteiger partial charge in [0.1, 0.15) is 18.8 Å². The number of amides is 2. The standard InChI is InChI=1S/C36H29ClF2N6O3/c1-20-12-33-40-15-23(16-45(33)42-20)22-10-11-31-27(13-22)28(21(2)46)18-43(31)19-34(47)44-17-24(38)14-32(44)36(48)41-30-9-5-7-26(35(30)39)25-6-3-4-8-29(25)37/h3-13,15-16,18,24,32H,14,17,19H2,1-2H3,(H,41,48)/t24-,32+/m1/s1. The number of carbonyl (C=O) groups is 3. The Bertz CT molecular complexity index is 2260. The molecule has 3 aromatic heterocycles. The van der Waals surface area contributed by atoms with E-state index < -0.39 is 29.8 Å². The summed E-state index contributed by atoms with van der Waals surface area (Å²) in [6, 6.07) is 17.5. The molecular formula is C36H29ClF2N6O3. The molecule has 9 nitrogen and oxygen atoms in total. The first-order valence-corrected chi connectivity index (χ1v) is 15.7. The minimum Gasteiger partial charge on any atom is -0.337 e. The Morgan fingerprint density at radius 1 is 1.00 bits per heavy atom. The number of rotatable bonds is 7. The largest absolute Gasteiger partial charge is 0.337 e. The van der Waals surface area contributed by atoms with Crippen LogP contribution in [-0.4, -0.2) is 60.4 Å². The van der Waals surface area contributed by atoms with Gasteiger partial charge in [0.05, 0.1) is 17.9 Å². The molecule has 2 atom stereocenters. The summed E-state index contributed by atoms with van der Waals surface area (Å²) in [6.45, 7) is 2.80. The number of alkyl halides is 1. The minimum absolute atomic E-state index is 0.109. The molecule has 242 valence electrons.